The van der Waals surface area contributed by atoms with E-state index in [0.717, 1.165) is 16.7 Å². The van der Waals surface area contributed by atoms with Crippen molar-refractivity contribution in [3.05, 3.63) is 65.2 Å². The first-order valence-corrected chi connectivity index (χ1v) is 10.3. The Balaban J connectivity index is 1.63. The van der Waals surface area contributed by atoms with E-state index in [0.29, 0.717) is 37.6 Å². The smallest absolute Gasteiger partial charge is 0.243 e. The highest BCUT2D eigenvalue weighted by atomic mass is 32.2. The van der Waals surface area contributed by atoms with Gasteiger partial charge in [0.05, 0.1) is 11.0 Å². The molecule has 6 heteroatoms. The van der Waals surface area contributed by atoms with Gasteiger partial charge in [-0.05, 0) is 31.0 Å². The van der Waals surface area contributed by atoms with Crippen molar-refractivity contribution in [3.8, 4) is 0 Å². The summed E-state index contributed by atoms with van der Waals surface area (Å²) in [6, 6.07) is 15.0. The van der Waals surface area contributed by atoms with E-state index in [2.05, 4.69) is 4.90 Å². The van der Waals surface area contributed by atoms with Crippen LogP contribution in [0.15, 0.2) is 53.4 Å². The van der Waals surface area contributed by atoms with Crippen molar-refractivity contribution >= 4 is 10.0 Å². The topological polar surface area (TPSA) is 60.9 Å². The second kappa shape index (κ2) is 7.88. The van der Waals surface area contributed by atoms with Gasteiger partial charge in [-0.1, -0.05) is 48.0 Å². The van der Waals surface area contributed by atoms with Gasteiger partial charge in [-0.2, -0.15) is 4.31 Å². The summed E-state index contributed by atoms with van der Waals surface area (Å²) in [7, 11) is -3.47. The van der Waals surface area contributed by atoms with Gasteiger partial charge >= 0.3 is 0 Å². The minimum absolute atomic E-state index is 0.390. The van der Waals surface area contributed by atoms with Crippen molar-refractivity contribution in [3.63, 3.8) is 0 Å². The molecule has 1 aliphatic rings. The fourth-order valence-corrected chi connectivity index (χ4v) is 5.03. The second-order valence-electron chi connectivity index (χ2n) is 6.90. The van der Waals surface area contributed by atoms with Gasteiger partial charge in [-0.25, -0.2) is 8.42 Å². The maximum atomic E-state index is 12.9. The quantitative estimate of drug-likeness (QED) is 0.873. The van der Waals surface area contributed by atoms with Gasteiger partial charge in [0.25, 0.3) is 0 Å². The summed E-state index contributed by atoms with van der Waals surface area (Å²) in [4.78, 5) is 2.51. The summed E-state index contributed by atoms with van der Waals surface area (Å²) in [6.45, 7) is 6.43. The van der Waals surface area contributed by atoms with Gasteiger partial charge in [0.1, 0.15) is 0 Å². The Morgan fingerprint density at radius 3 is 2.27 bits per heavy atom. The molecule has 2 aromatic rings. The molecule has 1 aliphatic heterocycles. The van der Waals surface area contributed by atoms with Crippen LogP contribution in [0.25, 0.3) is 0 Å². The number of aryl methyl sites for hydroxylation is 2. The van der Waals surface area contributed by atoms with Crippen LogP contribution in [-0.2, 0) is 10.0 Å². The van der Waals surface area contributed by atoms with Crippen LogP contribution < -0.4 is 0 Å². The molecule has 3 rings (SSSR count). The lowest BCUT2D eigenvalue weighted by Crippen LogP contribution is -2.49. The molecular weight excluding hydrogens is 348 g/mol. The van der Waals surface area contributed by atoms with Crippen molar-refractivity contribution in [2.24, 2.45) is 0 Å². The first-order valence-electron chi connectivity index (χ1n) is 8.91. The lowest BCUT2D eigenvalue weighted by atomic mass is 10.1. The van der Waals surface area contributed by atoms with Crippen LogP contribution in [0.2, 0.25) is 0 Å². The summed E-state index contributed by atoms with van der Waals surface area (Å²) in [5, 5.41) is 10.4. The maximum absolute atomic E-state index is 12.9. The van der Waals surface area contributed by atoms with Crippen molar-refractivity contribution < 1.29 is 13.5 Å². The molecule has 0 spiro atoms. The zero-order chi connectivity index (χ0) is 18.7. The number of aliphatic hydroxyl groups excluding tert-OH is 1. The van der Waals surface area contributed by atoms with Crippen LogP contribution in [0, 0.1) is 13.8 Å². The number of nitrogens with zero attached hydrogens (tertiary/aromatic N) is 2. The Kier molecular flexibility index (Phi) is 5.77. The number of benzene rings is 2. The molecule has 1 heterocycles. The highest BCUT2D eigenvalue weighted by Crippen LogP contribution is 2.23. The van der Waals surface area contributed by atoms with Crippen LogP contribution >= 0.6 is 0 Å². The highest BCUT2D eigenvalue weighted by Gasteiger charge is 2.30. The monoisotopic (exact) mass is 374 g/mol. The predicted octanol–water partition coefficient (Wildman–Crippen LogP) is 2.34. The zero-order valence-corrected chi connectivity index (χ0v) is 16.1. The third kappa shape index (κ3) is 4.15. The van der Waals surface area contributed by atoms with Gasteiger partial charge in [0.2, 0.25) is 10.0 Å². The standard InChI is InChI=1S/C20H26N2O3S/c1-16-8-9-20(17(2)14-16)26(24,25)22-12-10-21(11-13-22)15-19(23)18-6-4-3-5-7-18/h3-9,14,19,23H,10-13,15H2,1-2H3/t19-/m0/s1. The minimum atomic E-state index is -3.47. The van der Waals surface area contributed by atoms with E-state index in [1.807, 2.05) is 56.3 Å². The van der Waals surface area contributed by atoms with Crippen molar-refractivity contribution in [1.29, 1.82) is 0 Å². The number of sulfonamides is 1. The molecule has 1 atom stereocenters. The second-order valence-corrected chi connectivity index (χ2v) is 8.81. The van der Waals surface area contributed by atoms with Gasteiger partial charge < -0.3 is 5.11 Å². The number of aliphatic hydroxyl groups is 1. The van der Waals surface area contributed by atoms with Crippen LogP contribution in [0.4, 0.5) is 0 Å². The maximum Gasteiger partial charge on any atom is 0.243 e. The Labute approximate surface area is 155 Å². The number of piperazine rings is 1. The van der Waals surface area contributed by atoms with Crippen molar-refractivity contribution in [2.75, 3.05) is 32.7 Å². The number of rotatable bonds is 5. The van der Waals surface area contributed by atoms with Crippen LogP contribution in [0.5, 0.6) is 0 Å². The zero-order valence-electron chi connectivity index (χ0n) is 15.3. The molecule has 0 amide bonds. The lowest BCUT2D eigenvalue weighted by molar-refractivity contribution is 0.0921. The van der Waals surface area contributed by atoms with E-state index in [1.165, 1.54) is 0 Å². The van der Waals surface area contributed by atoms with Crippen molar-refractivity contribution in [2.45, 2.75) is 24.8 Å². The molecule has 140 valence electrons. The SMILES string of the molecule is Cc1ccc(S(=O)(=O)N2CCN(C[C@H](O)c3ccccc3)CC2)c(C)c1. The molecule has 0 unspecified atom stereocenters. The summed E-state index contributed by atoms with van der Waals surface area (Å²) < 4.78 is 27.4. The highest BCUT2D eigenvalue weighted by molar-refractivity contribution is 7.89. The van der Waals surface area contributed by atoms with Crippen molar-refractivity contribution in [1.82, 2.24) is 9.21 Å². The minimum Gasteiger partial charge on any atom is -0.387 e. The molecular formula is C20H26N2O3S. The fraction of sp³-hybridized carbons (Fsp3) is 0.400. The van der Waals surface area contributed by atoms with E-state index < -0.39 is 16.1 Å². The van der Waals surface area contributed by atoms with Crippen LogP contribution in [0.1, 0.15) is 22.8 Å². The Bertz CT molecular complexity index is 845. The van der Waals surface area contributed by atoms with Gasteiger partial charge in [0.15, 0.2) is 0 Å². The normalized spacial score (nSPS) is 18.0. The molecule has 26 heavy (non-hydrogen) atoms. The molecule has 0 aromatic heterocycles. The summed E-state index contributed by atoms with van der Waals surface area (Å²) in [5.74, 6) is 0. The van der Waals surface area contributed by atoms with E-state index in [9.17, 15) is 13.5 Å². The molecule has 1 saturated heterocycles. The first-order chi connectivity index (χ1) is 12.4. The molecule has 0 saturated carbocycles. The fourth-order valence-electron chi connectivity index (χ4n) is 3.41. The Hall–Kier alpha value is -1.73. The molecule has 1 N–H and O–H groups in total. The van der Waals surface area contributed by atoms with Crippen LogP contribution in [-0.4, -0.2) is 55.5 Å². The third-order valence-electron chi connectivity index (χ3n) is 4.89. The Morgan fingerprint density at radius 1 is 1.00 bits per heavy atom. The average molecular weight is 375 g/mol. The first kappa shape index (κ1) is 19.0. The number of β-amino-alcohol motifs (C(OH)–C–C–N with tert-alkyl or cyclic N) is 1. The molecule has 5 nitrogen and oxygen atoms in total. The number of hydrogen-bond acceptors (Lipinski definition) is 4. The van der Waals surface area contributed by atoms with Gasteiger partial charge in [-0.3, -0.25) is 4.90 Å². The molecule has 0 radical (unpaired) electrons. The molecule has 0 bridgehead atoms. The molecule has 2 aromatic carbocycles. The number of hydrogen-bond donors (Lipinski definition) is 1. The lowest BCUT2D eigenvalue weighted by Gasteiger charge is -2.35. The Morgan fingerprint density at radius 2 is 1.65 bits per heavy atom. The van der Waals surface area contributed by atoms with E-state index in [1.54, 1.807) is 10.4 Å². The summed E-state index contributed by atoms with van der Waals surface area (Å²) in [5.41, 5.74) is 2.73. The third-order valence-corrected chi connectivity index (χ3v) is 6.95. The molecule has 1 fully saturated rings. The van der Waals surface area contributed by atoms with Gasteiger partial charge in [-0.15, -0.1) is 0 Å². The van der Waals surface area contributed by atoms with E-state index in [-0.39, 0.29) is 0 Å². The van der Waals surface area contributed by atoms with E-state index >= 15 is 0 Å². The summed E-state index contributed by atoms with van der Waals surface area (Å²) >= 11 is 0. The average Bonchev–Trinajstić information content (AvgIpc) is 2.62. The largest absolute Gasteiger partial charge is 0.387 e. The van der Waals surface area contributed by atoms with Crippen LogP contribution in [0.3, 0.4) is 0 Å². The van der Waals surface area contributed by atoms with Gasteiger partial charge in [0, 0.05) is 32.7 Å². The van der Waals surface area contributed by atoms with E-state index in [4.69, 9.17) is 0 Å². The summed E-state index contributed by atoms with van der Waals surface area (Å²) in [6.07, 6.45) is -0.557. The molecule has 0 aliphatic carbocycles. The predicted molar refractivity (Wildman–Crippen MR) is 103 cm³/mol.